The summed E-state index contributed by atoms with van der Waals surface area (Å²) in [6, 6.07) is 7.90. The zero-order valence-electron chi connectivity index (χ0n) is 14.5. The van der Waals surface area contributed by atoms with Crippen LogP contribution >= 0.6 is 0 Å². The van der Waals surface area contributed by atoms with Crippen LogP contribution in [-0.4, -0.2) is 33.8 Å². The maximum atomic E-state index is 12.1. The summed E-state index contributed by atoms with van der Waals surface area (Å²) in [6.45, 7) is 2.28. The number of benzene rings is 1. The van der Waals surface area contributed by atoms with Crippen LogP contribution in [0, 0.1) is 5.92 Å². The number of amides is 1. The molecule has 1 amide bonds. The third kappa shape index (κ3) is 4.07. The van der Waals surface area contributed by atoms with Gasteiger partial charge in [-0.2, -0.15) is 0 Å². The van der Waals surface area contributed by atoms with Gasteiger partial charge < -0.3 is 15.2 Å². The van der Waals surface area contributed by atoms with Gasteiger partial charge in [0.15, 0.2) is 5.82 Å². The standard InChI is InChI=1S/C19H25N5O/c25-18(13-20-12-14-8-9-14)21-16-6-4-5-15(11-16)19-23-22-17-7-2-1-3-10-24(17)19/h4-6,11,14,20H,1-3,7-10,12-13H2,(H,21,25). The number of hydrogen-bond donors (Lipinski definition) is 2. The molecule has 0 saturated heterocycles. The number of hydrogen-bond acceptors (Lipinski definition) is 4. The number of carbonyl (C=O) groups excluding carboxylic acids is 1. The van der Waals surface area contributed by atoms with Crippen molar-refractivity contribution in [2.75, 3.05) is 18.4 Å². The topological polar surface area (TPSA) is 71.8 Å². The summed E-state index contributed by atoms with van der Waals surface area (Å²) in [4.78, 5) is 12.1. The zero-order chi connectivity index (χ0) is 17.1. The molecule has 25 heavy (non-hydrogen) atoms. The lowest BCUT2D eigenvalue weighted by molar-refractivity contribution is -0.115. The molecule has 0 atom stereocenters. The fraction of sp³-hybridized carbons (Fsp3) is 0.526. The van der Waals surface area contributed by atoms with Crippen LogP contribution in [0.25, 0.3) is 11.4 Å². The summed E-state index contributed by atoms with van der Waals surface area (Å²) >= 11 is 0. The monoisotopic (exact) mass is 339 g/mol. The summed E-state index contributed by atoms with van der Waals surface area (Å²) < 4.78 is 2.23. The largest absolute Gasteiger partial charge is 0.325 e. The number of nitrogens with zero attached hydrogens (tertiary/aromatic N) is 3. The minimum absolute atomic E-state index is 0.00197. The fourth-order valence-corrected chi connectivity index (χ4v) is 3.35. The highest BCUT2D eigenvalue weighted by Gasteiger charge is 2.20. The van der Waals surface area contributed by atoms with Gasteiger partial charge in [0.1, 0.15) is 5.82 Å². The van der Waals surface area contributed by atoms with E-state index in [1.165, 1.54) is 32.1 Å². The molecule has 0 bridgehead atoms. The highest BCUT2D eigenvalue weighted by Crippen LogP contribution is 2.27. The van der Waals surface area contributed by atoms with Gasteiger partial charge in [-0.05, 0) is 50.3 Å². The van der Waals surface area contributed by atoms with E-state index in [2.05, 4.69) is 25.4 Å². The first kappa shape index (κ1) is 16.3. The van der Waals surface area contributed by atoms with Crippen LogP contribution in [0.5, 0.6) is 0 Å². The normalized spacial score (nSPS) is 17.0. The molecule has 2 N–H and O–H groups in total. The van der Waals surface area contributed by atoms with E-state index >= 15 is 0 Å². The number of nitrogens with one attached hydrogen (secondary N) is 2. The quantitative estimate of drug-likeness (QED) is 0.849. The number of anilines is 1. The van der Waals surface area contributed by atoms with E-state index in [4.69, 9.17) is 0 Å². The molecule has 6 heteroatoms. The number of aromatic nitrogens is 3. The van der Waals surface area contributed by atoms with E-state index in [1.54, 1.807) is 0 Å². The molecule has 1 aliphatic carbocycles. The lowest BCUT2D eigenvalue weighted by Crippen LogP contribution is -2.29. The molecule has 1 saturated carbocycles. The van der Waals surface area contributed by atoms with Crippen LogP contribution in [-0.2, 0) is 17.8 Å². The molecule has 4 rings (SSSR count). The highest BCUT2D eigenvalue weighted by atomic mass is 16.1. The molecule has 1 aromatic heterocycles. The maximum Gasteiger partial charge on any atom is 0.238 e. The molecule has 2 aromatic rings. The lowest BCUT2D eigenvalue weighted by Gasteiger charge is -2.10. The Labute approximate surface area is 148 Å². The summed E-state index contributed by atoms with van der Waals surface area (Å²) in [5, 5.41) is 14.9. The van der Waals surface area contributed by atoms with Crippen LogP contribution < -0.4 is 10.6 Å². The van der Waals surface area contributed by atoms with E-state index in [0.717, 1.165) is 48.3 Å². The van der Waals surface area contributed by atoms with Gasteiger partial charge >= 0.3 is 0 Å². The van der Waals surface area contributed by atoms with Gasteiger partial charge in [0.2, 0.25) is 5.91 Å². The minimum Gasteiger partial charge on any atom is -0.325 e. The number of fused-ring (bicyclic) bond motifs is 1. The lowest BCUT2D eigenvalue weighted by atomic mass is 10.2. The Hall–Kier alpha value is -2.21. The molecular formula is C19H25N5O. The SMILES string of the molecule is O=C(CNCC1CC1)Nc1cccc(-c2nnc3n2CCCCC3)c1. The molecular weight excluding hydrogens is 314 g/mol. The second kappa shape index (κ2) is 7.35. The first-order valence-electron chi connectivity index (χ1n) is 9.33. The third-order valence-corrected chi connectivity index (χ3v) is 4.93. The second-order valence-corrected chi connectivity index (χ2v) is 7.11. The zero-order valence-corrected chi connectivity index (χ0v) is 14.5. The Kier molecular flexibility index (Phi) is 4.78. The van der Waals surface area contributed by atoms with Crippen LogP contribution in [0.3, 0.4) is 0 Å². The van der Waals surface area contributed by atoms with Gasteiger partial charge in [-0.15, -0.1) is 10.2 Å². The van der Waals surface area contributed by atoms with Crippen molar-refractivity contribution in [2.45, 2.75) is 45.1 Å². The predicted molar refractivity (Wildman–Crippen MR) is 97.2 cm³/mol. The van der Waals surface area contributed by atoms with Crippen molar-refractivity contribution in [2.24, 2.45) is 5.92 Å². The van der Waals surface area contributed by atoms with E-state index < -0.39 is 0 Å². The third-order valence-electron chi connectivity index (χ3n) is 4.93. The molecule has 2 heterocycles. The van der Waals surface area contributed by atoms with Crippen LogP contribution in [0.15, 0.2) is 24.3 Å². The predicted octanol–water partition coefficient (Wildman–Crippen LogP) is 2.61. The van der Waals surface area contributed by atoms with E-state index in [1.807, 2.05) is 24.3 Å². The second-order valence-electron chi connectivity index (χ2n) is 7.11. The van der Waals surface area contributed by atoms with Gasteiger partial charge in [0.05, 0.1) is 6.54 Å². The van der Waals surface area contributed by atoms with Gasteiger partial charge in [-0.1, -0.05) is 18.6 Å². The van der Waals surface area contributed by atoms with Gasteiger partial charge in [0, 0.05) is 24.2 Å². The molecule has 2 aliphatic rings. The number of aryl methyl sites for hydroxylation is 1. The molecule has 132 valence electrons. The maximum absolute atomic E-state index is 12.1. The van der Waals surface area contributed by atoms with Crippen molar-refractivity contribution in [3.05, 3.63) is 30.1 Å². The average Bonchev–Trinajstić information content (AvgIpc) is 3.39. The Bertz CT molecular complexity index is 750. The van der Waals surface area contributed by atoms with Gasteiger partial charge in [0.25, 0.3) is 0 Å². The summed E-state index contributed by atoms with van der Waals surface area (Å²) in [5.74, 6) is 2.75. The van der Waals surface area contributed by atoms with Crippen molar-refractivity contribution >= 4 is 11.6 Å². The van der Waals surface area contributed by atoms with E-state index in [0.29, 0.717) is 6.54 Å². The summed E-state index contributed by atoms with van der Waals surface area (Å²) in [6.07, 6.45) is 7.17. The van der Waals surface area contributed by atoms with Crippen LogP contribution in [0.4, 0.5) is 5.69 Å². The summed E-state index contributed by atoms with van der Waals surface area (Å²) in [5.41, 5.74) is 1.81. The Morgan fingerprint density at radius 1 is 1.20 bits per heavy atom. The Morgan fingerprint density at radius 2 is 2.12 bits per heavy atom. The number of rotatable bonds is 6. The molecule has 0 radical (unpaired) electrons. The van der Waals surface area contributed by atoms with Crippen molar-refractivity contribution in [1.29, 1.82) is 0 Å². The summed E-state index contributed by atoms with van der Waals surface area (Å²) in [7, 11) is 0. The Balaban J connectivity index is 1.44. The number of carbonyl (C=O) groups is 1. The first-order chi connectivity index (χ1) is 12.3. The van der Waals surface area contributed by atoms with Gasteiger partial charge in [-0.3, -0.25) is 4.79 Å². The average molecular weight is 339 g/mol. The molecule has 1 fully saturated rings. The Morgan fingerprint density at radius 3 is 3.00 bits per heavy atom. The van der Waals surface area contributed by atoms with Crippen molar-refractivity contribution in [3.63, 3.8) is 0 Å². The van der Waals surface area contributed by atoms with Gasteiger partial charge in [-0.25, -0.2) is 0 Å². The molecule has 6 nitrogen and oxygen atoms in total. The van der Waals surface area contributed by atoms with Crippen molar-refractivity contribution in [1.82, 2.24) is 20.1 Å². The smallest absolute Gasteiger partial charge is 0.238 e. The molecule has 0 unspecified atom stereocenters. The first-order valence-corrected chi connectivity index (χ1v) is 9.33. The highest BCUT2D eigenvalue weighted by molar-refractivity contribution is 5.92. The van der Waals surface area contributed by atoms with E-state index in [-0.39, 0.29) is 5.91 Å². The molecule has 0 spiro atoms. The van der Waals surface area contributed by atoms with Crippen molar-refractivity contribution in [3.8, 4) is 11.4 Å². The molecule has 1 aromatic carbocycles. The van der Waals surface area contributed by atoms with E-state index in [9.17, 15) is 4.79 Å². The fourth-order valence-electron chi connectivity index (χ4n) is 3.35. The minimum atomic E-state index is -0.00197. The van der Waals surface area contributed by atoms with Crippen LogP contribution in [0.2, 0.25) is 0 Å². The van der Waals surface area contributed by atoms with Crippen molar-refractivity contribution < 1.29 is 4.79 Å². The van der Waals surface area contributed by atoms with Crippen LogP contribution in [0.1, 0.15) is 37.9 Å². The molecule has 1 aliphatic heterocycles.